The van der Waals surface area contributed by atoms with Crippen LogP contribution < -0.4 is 10.5 Å². The molecule has 4 heteroatoms. The molecule has 1 aromatic carbocycles. The lowest BCUT2D eigenvalue weighted by atomic mass is 9.85. The van der Waals surface area contributed by atoms with Crippen molar-refractivity contribution >= 4 is 11.6 Å². The van der Waals surface area contributed by atoms with Gasteiger partial charge in [-0.05, 0) is 19.1 Å². The van der Waals surface area contributed by atoms with Crippen LogP contribution in [0.25, 0.3) is 0 Å². The maximum absolute atomic E-state index is 13.7. The molecule has 96 valence electrons. The maximum atomic E-state index is 13.7. The average molecular weight is 260 g/mol. The van der Waals surface area contributed by atoms with Gasteiger partial charge in [0.1, 0.15) is 6.10 Å². The molecule has 0 aliphatic carbocycles. The van der Waals surface area contributed by atoms with Gasteiger partial charge in [-0.3, -0.25) is 0 Å². The summed E-state index contributed by atoms with van der Waals surface area (Å²) in [5.74, 6) is -0.390. The van der Waals surface area contributed by atoms with E-state index in [2.05, 4.69) is 0 Å². The highest BCUT2D eigenvalue weighted by molar-refractivity contribution is 6.30. The number of hydrogen-bond acceptors (Lipinski definition) is 2. The van der Waals surface area contributed by atoms with Gasteiger partial charge in [0.25, 0.3) is 0 Å². The van der Waals surface area contributed by atoms with Crippen molar-refractivity contribution in [2.75, 3.05) is 0 Å². The van der Waals surface area contributed by atoms with E-state index in [1.54, 1.807) is 12.1 Å². The second-order valence-corrected chi connectivity index (χ2v) is 5.72. The van der Waals surface area contributed by atoms with Gasteiger partial charge in [-0.25, -0.2) is 4.39 Å². The highest BCUT2D eigenvalue weighted by Gasteiger charge is 2.30. The molecule has 2 atom stereocenters. The molecule has 17 heavy (non-hydrogen) atoms. The summed E-state index contributed by atoms with van der Waals surface area (Å²) in [6.45, 7) is 7.86. The first-order valence-electron chi connectivity index (χ1n) is 5.59. The van der Waals surface area contributed by atoms with E-state index in [0.717, 1.165) is 0 Å². The zero-order valence-electron chi connectivity index (χ0n) is 10.6. The van der Waals surface area contributed by atoms with Crippen molar-refractivity contribution in [1.82, 2.24) is 0 Å². The molecule has 1 aromatic rings. The zero-order chi connectivity index (χ0) is 13.2. The Hall–Kier alpha value is -0.800. The molecule has 0 spiro atoms. The molecule has 2 unspecified atom stereocenters. The Balaban J connectivity index is 2.99. The van der Waals surface area contributed by atoms with E-state index in [-0.39, 0.29) is 28.3 Å². The summed E-state index contributed by atoms with van der Waals surface area (Å²) in [5.41, 5.74) is 5.70. The van der Waals surface area contributed by atoms with Crippen LogP contribution in [0.1, 0.15) is 27.7 Å². The van der Waals surface area contributed by atoms with Crippen LogP contribution in [-0.2, 0) is 0 Å². The quantitative estimate of drug-likeness (QED) is 0.900. The average Bonchev–Trinajstić information content (AvgIpc) is 2.17. The van der Waals surface area contributed by atoms with Crippen LogP contribution in [0.4, 0.5) is 4.39 Å². The van der Waals surface area contributed by atoms with Gasteiger partial charge in [0.2, 0.25) is 0 Å². The van der Waals surface area contributed by atoms with Gasteiger partial charge in [0, 0.05) is 11.5 Å². The van der Waals surface area contributed by atoms with Gasteiger partial charge in [0.15, 0.2) is 11.6 Å². The van der Waals surface area contributed by atoms with Crippen molar-refractivity contribution in [1.29, 1.82) is 0 Å². The number of rotatable bonds is 3. The Kier molecular flexibility index (Phi) is 4.39. The second kappa shape index (κ2) is 5.23. The van der Waals surface area contributed by atoms with Crippen molar-refractivity contribution in [2.24, 2.45) is 11.1 Å². The molecule has 0 bridgehead atoms. The van der Waals surface area contributed by atoms with E-state index in [0.29, 0.717) is 0 Å². The minimum absolute atomic E-state index is 0.0554. The zero-order valence-corrected chi connectivity index (χ0v) is 11.4. The van der Waals surface area contributed by atoms with Crippen LogP contribution in [0.15, 0.2) is 18.2 Å². The summed E-state index contributed by atoms with van der Waals surface area (Å²) in [6, 6.07) is 4.50. The monoisotopic (exact) mass is 259 g/mol. The first-order valence-corrected chi connectivity index (χ1v) is 5.97. The fourth-order valence-corrected chi connectivity index (χ4v) is 1.95. The Labute approximate surface area is 107 Å². The van der Waals surface area contributed by atoms with Gasteiger partial charge >= 0.3 is 0 Å². The highest BCUT2D eigenvalue weighted by atomic mass is 35.5. The molecule has 1 rings (SSSR count). The van der Waals surface area contributed by atoms with E-state index in [1.807, 2.05) is 27.7 Å². The lowest BCUT2D eigenvalue weighted by Crippen LogP contribution is -2.45. The summed E-state index contributed by atoms with van der Waals surface area (Å²) in [7, 11) is 0. The molecule has 0 saturated carbocycles. The smallest absolute Gasteiger partial charge is 0.183 e. The number of halogens is 2. The van der Waals surface area contributed by atoms with Crippen LogP contribution in [0.5, 0.6) is 5.75 Å². The number of benzene rings is 1. The first kappa shape index (κ1) is 14.3. The lowest BCUT2D eigenvalue weighted by Gasteiger charge is -2.34. The molecule has 0 aromatic heterocycles. The number of ether oxygens (including phenoxy) is 1. The lowest BCUT2D eigenvalue weighted by molar-refractivity contribution is 0.0647. The Bertz CT molecular complexity index is 387. The van der Waals surface area contributed by atoms with Gasteiger partial charge < -0.3 is 10.5 Å². The summed E-state index contributed by atoms with van der Waals surface area (Å²) >= 11 is 5.70. The molecular weight excluding hydrogens is 241 g/mol. The van der Waals surface area contributed by atoms with Crippen LogP contribution in [-0.4, -0.2) is 12.1 Å². The van der Waals surface area contributed by atoms with Crippen LogP contribution in [0.3, 0.4) is 0 Å². The third-order valence-electron chi connectivity index (χ3n) is 2.50. The molecule has 2 N–H and O–H groups in total. The van der Waals surface area contributed by atoms with Gasteiger partial charge in [-0.2, -0.15) is 0 Å². The number of hydrogen-bond donors (Lipinski definition) is 1. The molecule has 0 saturated heterocycles. The molecule has 0 aliphatic heterocycles. The van der Waals surface area contributed by atoms with Crippen LogP contribution in [0.2, 0.25) is 5.02 Å². The molecule has 2 nitrogen and oxygen atoms in total. The standard InChI is InChI=1S/C13H19ClFNO/c1-8(16)12(13(2,3)4)17-10-7-5-6-9(14)11(10)15/h5-8,12H,16H2,1-4H3. The second-order valence-electron chi connectivity index (χ2n) is 5.32. The van der Waals surface area contributed by atoms with Crippen molar-refractivity contribution in [3.8, 4) is 5.75 Å². The third-order valence-corrected chi connectivity index (χ3v) is 2.79. The fraction of sp³-hybridized carbons (Fsp3) is 0.538. The van der Waals surface area contributed by atoms with E-state index < -0.39 is 5.82 Å². The molecule has 0 radical (unpaired) electrons. The summed E-state index contributed by atoms with van der Waals surface area (Å²) in [4.78, 5) is 0. The molecule has 0 fully saturated rings. The molecule has 0 aliphatic rings. The Morgan fingerprint density at radius 2 is 1.94 bits per heavy atom. The Morgan fingerprint density at radius 3 is 2.41 bits per heavy atom. The van der Waals surface area contributed by atoms with Crippen molar-refractivity contribution in [3.05, 3.63) is 29.0 Å². The van der Waals surface area contributed by atoms with Gasteiger partial charge in [-0.15, -0.1) is 0 Å². The van der Waals surface area contributed by atoms with Crippen LogP contribution >= 0.6 is 11.6 Å². The predicted octanol–water partition coefficient (Wildman–Crippen LogP) is 3.62. The minimum Gasteiger partial charge on any atom is -0.485 e. The SMILES string of the molecule is CC(N)C(Oc1cccc(Cl)c1F)C(C)(C)C. The van der Waals surface area contributed by atoms with Gasteiger partial charge in [0.05, 0.1) is 5.02 Å². The fourth-order valence-electron chi connectivity index (χ4n) is 1.78. The number of nitrogens with two attached hydrogens (primary N) is 1. The van der Waals surface area contributed by atoms with E-state index in [9.17, 15) is 4.39 Å². The van der Waals surface area contributed by atoms with Crippen LogP contribution in [0, 0.1) is 11.2 Å². The summed E-state index contributed by atoms with van der Waals surface area (Å²) in [5, 5.41) is 0.0554. The Morgan fingerprint density at radius 1 is 1.35 bits per heavy atom. The molecule has 0 heterocycles. The van der Waals surface area contributed by atoms with Crippen molar-refractivity contribution < 1.29 is 9.13 Å². The van der Waals surface area contributed by atoms with Crippen molar-refractivity contribution in [2.45, 2.75) is 39.8 Å². The normalized spacial score (nSPS) is 15.5. The third kappa shape index (κ3) is 3.58. The largest absolute Gasteiger partial charge is 0.485 e. The highest BCUT2D eigenvalue weighted by Crippen LogP contribution is 2.30. The van der Waals surface area contributed by atoms with E-state index >= 15 is 0 Å². The molecule has 0 amide bonds. The summed E-state index contributed by atoms with van der Waals surface area (Å²) < 4.78 is 19.4. The van der Waals surface area contributed by atoms with E-state index in [1.165, 1.54) is 6.07 Å². The molecular formula is C13H19ClFNO. The van der Waals surface area contributed by atoms with E-state index in [4.69, 9.17) is 22.1 Å². The first-order chi connectivity index (χ1) is 7.73. The topological polar surface area (TPSA) is 35.2 Å². The van der Waals surface area contributed by atoms with Gasteiger partial charge in [-0.1, -0.05) is 38.4 Å². The predicted molar refractivity (Wildman–Crippen MR) is 68.9 cm³/mol. The van der Waals surface area contributed by atoms with Crippen molar-refractivity contribution in [3.63, 3.8) is 0 Å². The summed E-state index contributed by atoms with van der Waals surface area (Å²) in [6.07, 6.45) is -0.282. The maximum Gasteiger partial charge on any atom is 0.183 e. The minimum atomic E-state index is -0.538.